The number of nitrogens with zero attached hydrogens (tertiary/aromatic N) is 1. The van der Waals surface area contributed by atoms with Crippen molar-refractivity contribution in [1.29, 1.82) is 0 Å². The molecule has 0 aromatic carbocycles. The van der Waals surface area contributed by atoms with Gasteiger partial charge in [0.2, 0.25) is 0 Å². The van der Waals surface area contributed by atoms with E-state index in [4.69, 9.17) is 13.1 Å². The minimum atomic E-state index is -3.63. The summed E-state index contributed by atoms with van der Waals surface area (Å²) in [6.45, 7) is 5.30. The number of hydrogen-bond donors (Lipinski definition) is 0. The fourth-order valence-electron chi connectivity index (χ4n) is 2.07. The highest BCUT2D eigenvalue weighted by atomic mass is 32.2. The first-order chi connectivity index (χ1) is 9.87. The number of carbonyl (C=O) groups excluding carboxylic acids is 1. The average Bonchev–Trinajstić information content (AvgIpc) is 2.64. The summed E-state index contributed by atoms with van der Waals surface area (Å²) in [6, 6.07) is -0.453. The molecule has 0 radical (unpaired) electrons. The fraction of sp³-hybridized carbons (Fsp3) is 0.917. The van der Waals surface area contributed by atoms with Crippen LogP contribution in [0.15, 0.2) is 0 Å². The lowest BCUT2D eigenvalue weighted by Crippen LogP contribution is -2.42. The van der Waals surface area contributed by atoms with Crippen LogP contribution >= 0.6 is 0 Å². The van der Waals surface area contributed by atoms with Crippen molar-refractivity contribution < 1.29 is 30.5 Å². The first kappa shape index (κ1) is 19.3. The molecular formula is C12H23NO7S2. The van der Waals surface area contributed by atoms with E-state index in [0.717, 1.165) is 6.26 Å². The van der Waals surface area contributed by atoms with Crippen molar-refractivity contribution in [2.75, 3.05) is 25.7 Å². The zero-order valence-corrected chi connectivity index (χ0v) is 15.0. The first-order valence-corrected chi connectivity index (χ1v) is 10.0. The highest BCUT2D eigenvalue weighted by molar-refractivity contribution is 7.86. The molecule has 1 rings (SSSR count). The maximum atomic E-state index is 12.2. The van der Waals surface area contributed by atoms with E-state index in [9.17, 15) is 17.4 Å². The molecule has 1 heterocycles. The van der Waals surface area contributed by atoms with Crippen molar-refractivity contribution in [2.24, 2.45) is 0 Å². The van der Waals surface area contributed by atoms with Crippen LogP contribution < -0.4 is 0 Å². The molecule has 3 atom stereocenters. The molecule has 10 heteroatoms. The molecule has 0 aromatic heterocycles. The quantitative estimate of drug-likeness (QED) is 0.666. The zero-order chi connectivity index (χ0) is 17.1. The summed E-state index contributed by atoms with van der Waals surface area (Å²) in [5.41, 5.74) is -0.675. The second-order valence-electron chi connectivity index (χ2n) is 6.13. The Hall–Kier alpha value is -0.710. The molecule has 130 valence electrons. The number of amides is 1. The molecule has 3 unspecified atom stereocenters. The fourth-order valence-corrected chi connectivity index (χ4v) is 3.05. The highest BCUT2D eigenvalue weighted by Crippen LogP contribution is 2.24. The number of rotatable bonds is 5. The van der Waals surface area contributed by atoms with E-state index < -0.39 is 45.0 Å². The lowest BCUT2D eigenvalue weighted by Gasteiger charge is -2.28. The maximum Gasteiger partial charge on any atom is 0.410 e. The molecule has 8 nitrogen and oxygen atoms in total. The van der Waals surface area contributed by atoms with Crippen LogP contribution in [0.25, 0.3) is 0 Å². The normalized spacial score (nSPS) is 24.3. The van der Waals surface area contributed by atoms with Crippen LogP contribution in [0.2, 0.25) is 0 Å². The Kier molecular flexibility index (Phi) is 6.36. The van der Waals surface area contributed by atoms with Crippen LogP contribution in [0.1, 0.15) is 27.2 Å². The number of likely N-dealkylation sites (tertiary alicyclic amines) is 1. The predicted molar refractivity (Wildman–Crippen MR) is 81.1 cm³/mol. The number of ether oxygens (including phenoxy) is 1. The van der Waals surface area contributed by atoms with E-state index in [1.54, 1.807) is 20.8 Å². The van der Waals surface area contributed by atoms with Gasteiger partial charge in [-0.3, -0.25) is 8.37 Å². The number of hydrogen-bond acceptors (Lipinski definition) is 7. The summed E-state index contributed by atoms with van der Waals surface area (Å²) in [7, 11) is -3.63. The van der Waals surface area contributed by atoms with E-state index in [-0.39, 0.29) is 19.6 Å². The molecule has 0 aromatic rings. The summed E-state index contributed by atoms with van der Waals surface area (Å²) in [5.74, 6) is 0. The third-order valence-corrected chi connectivity index (χ3v) is 3.83. The monoisotopic (exact) mass is 357 g/mol. The van der Waals surface area contributed by atoms with Crippen molar-refractivity contribution in [3.8, 4) is 0 Å². The van der Waals surface area contributed by atoms with Crippen molar-refractivity contribution in [3.05, 3.63) is 0 Å². The van der Waals surface area contributed by atoms with Gasteiger partial charge in [0.05, 0.1) is 31.6 Å². The highest BCUT2D eigenvalue weighted by Gasteiger charge is 2.39. The molecule has 1 fully saturated rings. The van der Waals surface area contributed by atoms with Gasteiger partial charge in [-0.05, 0) is 27.2 Å². The molecule has 1 amide bonds. The van der Waals surface area contributed by atoms with Gasteiger partial charge in [-0.1, -0.05) is 0 Å². The molecule has 1 aliphatic heterocycles. The van der Waals surface area contributed by atoms with E-state index in [2.05, 4.69) is 0 Å². The van der Waals surface area contributed by atoms with Crippen LogP contribution in [0.5, 0.6) is 0 Å². The molecule has 0 spiro atoms. The Labute approximate surface area is 133 Å². The zero-order valence-electron chi connectivity index (χ0n) is 13.4. The summed E-state index contributed by atoms with van der Waals surface area (Å²) < 4.78 is 48.8. The van der Waals surface area contributed by atoms with E-state index in [1.165, 1.54) is 11.2 Å². The van der Waals surface area contributed by atoms with Gasteiger partial charge in [0.15, 0.2) is 11.1 Å². The second-order valence-corrected chi connectivity index (χ2v) is 8.77. The molecule has 0 bridgehead atoms. The topological polar surface area (TPSA) is 99.2 Å². The second kappa shape index (κ2) is 7.24. The van der Waals surface area contributed by atoms with Crippen molar-refractivity contribution in [2.45, 2.75) is 44.9 Å². The lowest BCUT2D eigenvalue weighted by molar-refractivity contribution is 0.0181. The Morgan fingerprint density at radius 2 is 1.95 bits per heavy atom. The van der Waals surface area contributed by atoms with Crippen molar-refractivity contribution >= 4 is 27.3 Å². The van der Waals surface area contributed by atoms with E-state index >= 15 is 0 Å². The van der Waals surface area contributed by atoms with Crippen LogP contribution in [-0.2, 0) is 34.3 Å². The third-order valence-electron chi connectivity index (χ3n) is 2.74. The van der Waals surface area contributed by atoms with Gasteiger partial charge in [-0.15, -0.1) is 0 Å². The van der Waals surface area contributed by atoms with Gasteiger partial charge in [0, 0.05) is 6.26 Å². The van der Waals surface area contributed by atoms with Crippen LogP contribution in [0.4, 0.5) is 4.79 Å². The molecule has 1 aliphatic rings. The van der Waals surface area contributed by atoms with Crippen LogP contribution in [0, 0.1) is 0 Å². The summed E-state index contributed by atoms with van der Waals surface area (Å²) in [4.78, 5) is 13.5. The molecule has 0 aliphatic carbocycles. The largest absolute Gasteiger partial charge is 0.444 e. The van der Waals surface area contributed by atoms with Crippen molar-refractivity contribution in [3.63, 3.8) is 0 Å². The third kappa shape index (κ3) is 7.03. The Morgan fingerprint density at radius 3 is 2.41 bits per heavy atom. The van der Waals surface area contributed by atoms with Gasteiger partial charge < -0.3 is 9.64 Å². The lowest BCUT2D eigenvalue weighted by atomic mass is 10.2. The van der Waals surface area contributed by atoms with Gasteiger partial charge in [0.25, 0.3) is 10.1 Å². The summed E-state index contributed by atoms with van der Waals surface area (Å²) in [5, 5.41) is 0. The Balaban J connectivity index is 2.79. The molecule has 22 heavy (non-hydrogen) atoms. The van der Waals surface area contributed by atoms with E-state index in [0.29, 0.717) is 0 Å². The summed E-state index contributed by atoms with van der Waals surface area (Å²) >= 11 is -1.48. The minimum absolute atomic E-state index is 0.0198. The molecule has 0 saturated carbocycles. The predicted octanol–water partition coefficient (Wildman–Crippen LogP) is 0.651. The Bertz CT molecular complexity index is 526. The van der Waals surface area contributed by atoms with Gasteiger partial charge in [0.1, 0.15) is 5.60 Å². The first-order valence-electron chi connectivity index (χ1n) is 6.72. The van der Waals surface area contributed by atoms with Crippen LogP contribution in [-0.4, -0.2) is 67.0 Å². The average molecular weight is 357 g/mol. The molecular weight excluding hydrogens is 334 g/mol. The smallest absolute Gasteiger partial charge is 0.410 e. The van der Waals surface area contributed by atoms with Gasteiger partial charge in [-0.2, -0.15) is 8.42 Å². The SMILES string of the molecule is CS(=O)OCC1CC(OS(C)(=O)=O)CN1C(=O)OC(C)(C)C. The Morgan fingerprint density at radius 1 is 1.36 bits per heavy atom. The van der Waals surface area contributed by atoms with Crippen LogP contribution in [0.3, 0.4) is 0 Å². The minimum Gasteiger partial charge on any atom is -0.444 e. The molecule has 1 saturated heterocycles. The van der Waals surface area contributed by atoms with Gasteiger partial charge >= 0.3 is 6.09 Å². The standard InChI is InChI=1S/C12H23NO7S2/c1-12(2,3)19-11(14)13-7-10(20-22(5,16)17)6-9(13)8-18-21(4)15/h9-10H,6-8H2,1-5H3. The van der Waals surface area contributed by atoms with Gasteiger partial charge in [-0.25, -0.2) is 9.00 Å². The number of carbonyl (C=O) groups is 1. The van der Waals surface area contributed by atoms with Crippen molar-refractivity contribution in [1.82, 2.24) is 4.90 Å². The molecule has 0 N–H and O–H groups in total. The maximum absolute atomic E-state index is 12.2. The van der Waals surface area contributed by atoms with E-state index in [1.807, 2.05) is 0 Å². The summed E-state index contributed by atoms with van der Waals surface area (Å²) in [6.07, 6.45) is 1.35.